The van der Waals surface area contributed by atoms with Gasteiger partial charge in [-0.3, -0.25) is 14.4 Å². The van der Waals surface area contributed by atoms with E-state index in [9.17, 15) is 14.4 Å². The zero-order valence-corrected chi connectivity index (χ0v) is 12.2. The minimum Gasteiger partial charge on any atom is -0.481 e. The number of aromatic nitrogens is 1. The molecule has 0 aliphatic carbocycles. The van der Waals surface area contributed by atoms with Gasteiger partial charge >= 0.3 is 10.8 Å². The van der Waals surface area contributed by atoms with Crippen molar-refractivity contribution in [2.24, 2.45) is 5.92 Å². The monoisotopic (exact) mass is 298 g/mol. The molecule has 1 saturated heterocycles. The summed E-state index contributed by atoms with van der Waals surface area (Å²) < 4.78 is 1.67. The van der Waals surface area contributed by atoms with Crippen molar-refractivity contribution in [1.82, 2.24) is 9.47 Å². The number of rotatable bonds is 5. The summed E-state index contributed by atoms with van der Waals surface area (Å²) in [6, 6.07) is 0. The van der Waals surface area contributed by atoms with Gasteiger partial charge in [0, 0.05) is 37.1 Å². The van der Waals surface area contributed by atoms with Crippen molar-refractivity contribution in [3.63, 3.8) is 0 Å². The maximum Gasteiger partial charge on any atom is 0.308 e. The van der Waals surface area contributed by atoms with Crippen LogP contribution in [0.1, 0.15) is 25.0 Å². The summed E-state index contributed by atoms with van der Waals surface area (Å²) >= 11 is 1.17. The first-order chi connectivity index (χ1) is 9.49. The van der Waals surface area contributed by atoms with Crippen LogP contribution in [0.4, 0.5) is 0 Å². The smallest absolute Gasteiger partial charge is 0.308 e. The molecule has 1 aromatic heterocycles. The van der Waals surface area contributed by atoms with Crippen LogP contribution in [-0.2, 0) is 16.1 Å². The van der Waals surface area contributed by atoms with Crippen LogP contribution in [0.2, 0.25) is 0 Å². The summed E-state index contributed by atoms with van der Waals surface area (Å²) in [4.78, 5) is 35.9. The van der Waals surface area contributed by atoms with Gasteiger partial charge in [-0.2, -0.15) is 0 Å². The fourth-order valence-electron chi connectivity index (χ4n) is 2.41. The Hall–Kier alpha value is -1.63. The molecule has 1 aromatic rings. The summed E-state index contributed by atoms with van der Waals surface area (Å²) in [5, 5.41) is 10.7. The summed E-state index contributed by atoms with van der Waals surface area (Å²) in [5.41, 5.74) is 0.916. The second-order valence-corrected chi connectivity index (χ2v) is 5.88. The van der Waals surface area contributed by atoms with Crippen LogP contribution in [0.15, 0.2) is 10.2 Å². The Balaban J connectivity index is 1.79. The number of thiazole rings is 1. The molecule has 110 valence electrons. The zero-order chi connectivity index (χ0) is 14.7. The first-order valence-corrected chi connectivity index (χ1v) is 7.52. The van der Waals surface area contributed by atoms with E-state index in [0.29, 0.717) is 38.9 Å². The standard InChI is InChI=1S/C13H18N2O4S/c1-9-8-20-13(19)15(9)5-2-3-11(16)14-6-4-10(7-14)12(17)18/h8,10H,2-7H2,1H3,(H,17,18). The molecule has 6 nitrogen and oxygen atoms in total. The van der Waals surface area contributed by atoms with Gasteiger partial charge in [-0.1, -0.05) is 11.3 Å². The molecule has 1 N–H and O–H groups in total. The molecule has 1 aliphatic rings. The number of hydrogen-bond acceptors (Lipinski definition) is 4. The molecule has 1 amide bonds. The third kappa shape index (κ3) is 3.27. The Morgan fingerprint density at radius 1 is 1.50 bits per heavy atom. The molecule has 0 radical (unpaired) electrons. The lowest BCUT2D eigenvalue weighted by atomic mass is 10.1. The van der Waals surface area contributed by atoms with Gasteiger partial charge in [-0.15, -0.1) is 0 Å². The molecule has 20 heavy (non-hydrogen) atoms. The quantitative estimate of drug-likeness (QED) is 0.877. The number of carbonyl (C=O) groups excluding carboxylic acids is 1. The van der Waals surface area contributed by atoms with Gasteiger partial charge in [-0.05, 0) is 19.8 Å². The lowest BCUT2D eigenvalue weighted by Gasteiger charge is -2.15. The maximum absolute atomic E-state index is 12.0. The van der Waals surface area contributed by atoms with E-state index in [2.05, 4.69) is 0 Å². The molecule has 1 unspecified atom stereocenters. The maximum atomic E-state index is 12.0. The van der Waals surface area contributed by atoms with E-state index < -0.39 is 11.9 Å². The second kappa shape index (κ2) is 6.21. The van der Waals surface area contributed by atoms with Crippen molar-refractivity contribution in [2.45, 2.75) is 32.7 Å². The van der Waals surface area contributed by atoms with Gasteiger partial charge in [0.15, 0.2) is 0 Å². The SMILES string of the molecule is Cc1csc(=O)n1CCCC(=O)N1CCC(C(=O)O)C1. The molecule has 2 rings (SSSR count). The first-order valence-electron chi connectivity index (χ1n) is 6.64. The fourth-order valence-corrected chi connectivity index (χ4v) is 3.17. The number of nitrogens with zero attached hydrogens (tertiary/aromatic N) is 2. The van der Waals surface area contributed by atoms with E-state index in [-0.39, 0.29) is 10.8 Å². The molecule has 1 atom stereocenters. The van der Waals surface area contributed by atoms with Crippen molar-refractivity contribution < 1.29 is 14.7 Å². The van der Waals surface area contributed by atoms with Crippen molar-refractivity contribution in [3.8, 4) is 0 Å². The zero-order valence-electron chi connectivity index (χ0n) is 11.4. The Morgan fingerprint density at radius 2 is 2.25 bits per heavy atom. The van der Waals surface area contributed by atoms with Gasteiger partial charge < -0.3 is 14.6 Å². The Bertz CT molecular complexity index is 563. The van der Waals surface area contributed by atoms with E-state index in [1.807, 2.05) is 12.3 Å². The third-order valence-corrected chi connectivity index (χ3v) is 4.52. The van der Waals surface area contributed by atoms with Crippen LogP contribution in [-0.4, -0.2) is 39.5 Å². The van der Waals surface area contributed by atoms with E-state index >= 15 is 0 Å². The van der Waals surface area contributed by atoms with Crippen LogP contribution in [0.25, 0.3) is 0 Å². The predicted octanol–water partition coefficient (Wildman–Crippen LogP) is 0.932. The van der Waals surface area contributed by atoms with Crippen LogP contribution < -0.4 is 4.87 Å². The molecule has 1 aliphatic heterocycles. The summed E-state index contributed by atoms with van der Waals surface area (Å²) in [7, 11) is 0. The lowest BCUT2D eigenvalue weighted by Crippen LogP contribution is -2.30. The number of aryl methyl sites for hydroxylation is 1. The number of likely N-dealkylation sites (tertiary alicyclic amines) is 1. The Morgan fingerprint density at radius 3 is 2.80 bits per heavy atom. The minimum atomic E-state index is -0.833. The number of carboxylic acid groups (broad SMARTS) is 1. The molecular weight excluding hydrogens is 280 g/mol. The number of amides is 1. The van der Waals surface area contributed by atoms with Gasteiger partial charge in [0.25, 0.3) is 0 Å². The van der Waals surface area contributed by atoms with Gasteiger partial charge in [-0.25, -0.2) is 0 Å². The third-order valence-electron chi connectivity index (χ3n) is 3.64. The molecule has 0 spiro atoms. The van der Waals surface area contributed by atoms with E-state index in [0.717, 1.165) is 5.69 Å². The topological polar surface area (TPSA) is 79.6 Å². The summed E-state index contributed by atoms with van der Waals surface area (Å²) in [6.07, 6.45) is 1.49. The average molecular weight is 298 g/mol. The van der Waals surface area contributed by atoms with Crippen molar-refractivity contribution >= 4 is 23.2 Å². The van der Waals surface area contributed by atoms with E-state index in [4.69, 9.17) is 5.11 Å². The van der Waals surface area contributed by atoms with Gasteiger partial charge in [0.05, 0.1) is 5.92 Å². The van der Waals surface area contributed by atoms with Crippen LogP contribution in [0.3, 0.4) is 0 Å². The van der Waals surface area contributed by atoms with Crippen molar-refractivity contribution in [1.29, 1.82) is 0 Å². The van der Waals surface area contributed by atoms with Crippen molar-refractivity contribution in [3.05, 3.63) is 20.7 Å². The summed E-state index contributed by atoms with van der Waals surface area (Å²) in [5.74, 6) is -1.28. The highest BCUT2D eigenvalue weighted by atomic mass is 32.1. The molecule has 1 fully saturated rings. The molecule has 0 bridgehead atoms. The molecule has 2 heterocycles. The van der Waals surface area contributed by atoms with Gasteiger partial charge in [0.1, 0.15) is 0 Å². The first kappa shape index (κ1) is 14.8. The number of carbonyl (C=O) groups is 2. The number of carboxylic acids is 1. The van der Waals surface area contributed by atoms with Crippen LogP contribution in [0, 0.1) is 12.8 Å². The Kier molecular flexibility index (Phi) is 4.59. The van der Waals surface area contributed by atoms with E-state index in [1.165, 1.54) is 11.3 Å². The molecule has 7 heteroatoms. The number of aliphatic carboxylic acids is 1. The largest absolute Gasteiger partial charge is 0.481 e. The lowest BCUT2D eigenvalue weighted by molar-refractivity contribution is -0.141. The fraction of sp³-hybridized carbons (Fsp3) is 0.615. The average Bonchev–Trinajstić information content (AvgIpc) is 3.00. The molecule has 0 aromatic carbocycles. The predicted molar refractivity (Wildman–Crippen MR) is 74.9 cm³/mol. The normalized spacial score (nSPS) is 18.4. The van der Waals surface area contributed by atoms with Crippen LogP contribution >= 0.6 is 11.3 Å². The highest BCUT2D eigenvalue weighted by molar-refractivity contribution is 7.07. The molecule has 0 saturated carbocycles. The highest BCUT2D eigenvalue weighted by Gasteiger charge is 2.30. The second-order valence-electron chi connectivity index (χ2n) is 5.06. The van der Waals surface area contributed by atoms with Crippen molar-refractivity contribution in [2.75, 3.05) is 13.1 Å². The van der Waals surface area contributed by atoms with E-state index in [1.54, 1.807) is 9.47 Å². The highest BCUT2D eigenvalue weighted by Crippen LogP contribution is 2.17. The van der Waals surface area contributed by atoms with Gasteiger partial charge in [0.2, 0.25) is 5.91 Å². The summed E-state index contributed by atoms with van der Waals surface area (Å²) in [6.45, 7) is 3.24. The van der Waals surface area contributed by atoms with Crippen LogP contribution in [0.5, 0.6) is 0 Å². The number of hydrogen-bond donors (Lipinski definition) is 1. The molecular formula is C13H18N2O4S. The minimum absolute atomic E-state index is 0.00191. The Labute approximate surface area is 120 Å².